The van der Waals surface area contributed by atoms with E-state index in [-0.39, 0.29) is 7.92 Å². The molecular weight excluding hydrogens is 351 g/mol. The van der Waals surface area contributed by atoms with E-state index in [4.69, 9.17) is 18.9 Å². The van der Waals surface area contributed by atoms with Crippen molar-refractivity contribution in [3.63, 3.8) is 0 Å². The Kier molecular flexibility index (Phi) is 4.39. The predicted molar refractivity (Wildman–Crippen MR) is 97.2 cm³/mol. The molecule has 0 bridgehead atoms. The van der Waals surface area contributed by atoms with E-state index in [1.54, 1.807) is 11.3 Å². The summed E-state index contributed by atoms with van der Waals surface area (Å²) in [7, 11) is -0.186. The SMILES string of the molecule is CCP(CC)c1sc(-c2scc3c2OCCO3)c2c1OCCO2. The molecule has 4 heterocycles. The smallest absolute Gasteiger partial charge is 0.181 e. The molecule has 0 saturated heterocycles. The number of hydrogen-bond donors (Lipinski definition) is 0. The second-order valence-corrected chi connectivity index (χ2v) is 10.2. The zero-order chi connectivity index (χ0) is 15.8. The topological polar surface area (TPSA) is 36.9 Å². The first-order chi connectivity index (χ1) is 11.3. The van der Waals surface area contributed by atoms with E-state index < -0.39 is 0 Å². The lowest BCUT2D eigenvalue weighted by Gasteiger charge is -2.20. The number of rotatable bonds is 4. The van der Waals surface area contributed by atoms with Crippen LogP contribution in [0.1, 0.15) is 13.8 Å². The summed E-state index contributed by atoms with van der Waals surface area (Å²) in [6.45, 7) is 6.98. The second kappa shape index (κ2) is 6.50. The van der Waals surface area contributed by atoms with Crippen LogP contribution in [0.2, 0.25) is 0 Å². The summed E-state index contributed by atoms with van der Waals surface area (Å²) in [5, 5.41) is 2.03. The van der Waals surface area contributed by atoms with Crippen LogP contribution in [0.5, 0.6) is 23.0 Å². The van der Waals surface area contributed by atoms with Crippen LogP contribution in [-0.4, -0.2) is 38.8 Å². The monoisotopic (exact) mass is 370 g/mol. The van der Waals surface area contributed by atoms with Crippen molar-refractivity contribution in [1.82, 2.24) is 0 Å². The zero-order valence-electron chi connectivity index (χ0n) is 13.2. The maximum atomic E-state index is 6.00. The van der Waals surface area contributed by atoms with Crippen LogP contribution in [0.3, 0.4) is 0 Å². The minimum Gasteiger partial charge on any atom is -0.485 e. The Balaban J connectivity index is 1.84. The van der Waals surface area contributed by atoms with Crippen molar-refractivity contribution in [2.45, 2.75) is 13.8 Å². The molecular formula is C16H19O4PS2. The van der Waals surface area contributed by atoms with E-state index in [2.05, 4.69) is 13.8 Å². The summed E-state index contributed by atoms with van der Waals surface area (Å²) in [5.41, 5.74) is 0. The molecule has 0 aromatic carbocycles. The molecule has 0 N–H and O–H groups in total. The summed E-state index contributed by atoms with van der Waals surface area (Å²) in [5.74, 6) is 3.60. The van der Waals surface area contributed by atoms with Gasteiger partial charge in [-0.3, -0.25) is 0 Å². The van der Waals surface area contributed by atoms with Crippen LogP contribution in [0, 0.1) is 0 Å². The van der Waals surface area contributed by atoms with Crippen LogP contribution >= 0.6 is 30.6 Å². The van der Waals surface area contributed by atoms with Crippen molar-refractivity contribution in [2.75, 3.05) is 38.8 Å². The van der Waals surface area contributed by atoms with Crippen LogP contribution < -0.4 is 23.6 Å². The lowest BCUT2D eigenvalue weighted by molar-refractivity contribution is 0.172. The number of thiophene rings is 2. The third-order valence-corrected chi connectivity index (χ3v) is 9.35. The molecule has 0 amide bonds. The van der Waals surface area contributed by atoms with Crippen molar-refractivity contribution in [2.24, 2.45) is 0 Å². The first kappa shape index (κ1) is 15.6. The molecule has 0 aliphatic carbocycles. The molecule has 23 heavy (non-hydrogen) atoms. The Bertz CT molecular complexity index is 705. The minimum absolute atomic E-state index is 0.186. The Labute approximate surface area is 145 Å². The van der Waals surface area contributed by atoms with Gasteiger partial charge in [-0.25, -0.2) is 0 Å². The van der Waals surface area contributed by atoms with Gasteiger partial charge in [0.05, 0.1) is 14.4 Å². The quantitative estimate of drug-likeness (QED) is 0.757. The van der Waals surface area contributed by atoms with Gasteiger partial charge in [-0.15, -0.1) is 22.7 Å². The second-order valence-electron chi connectivity index (χ2n) is 5.22. The van der Waals surface area contributed by atoms with Gasteiger partial charge in [-0.2, -0.15) is 0 Å². The van der Waals surface area contributed by atoms with Gasteiger partial charge in [0.2, 0.25) is 0 Å². The summed E-state index contributed by atoms with van der Waals surface area (Å²) in [6.07, 6.45) is 2.34. The number of ether oxygens (including phenoxy) is 4. The predicted octanol–water partition coefficient (Wildman–Crippen LogP) is 4.17. The molecule has 2 aliphatic rings. The zero-order valence-corrected chi connectivity index (χ0v) is 15.7. The standard InChI is InChI=1S/C16H19O4PS2/c1-3-21(4-2)16-13-12(19-7-8-20-13)15(23-16)14-11-10(9-22-14)17-5-6-18-11/h9H,3-8H2,1-2H3. The van der Waals surface area contributed by atoms with E-state index in [0.29, 0.717) is 26.4 Å². The van der Waals surface area contributed by atoms with Gasteiger partial charge in [-0.05, 0) is 12.3 Å². The molecule has 2 aromatic heterocycles. The van der Waals surface area contributed by atoms with Crippen molar-refractivity contribution in [1.29, 1.82) is 0 Å². The molecule has 0 atom stereocenters. The van der Waals surface area contributed by atoms with Crippen molar-refractivity contribution >= 4 is 35.2 Å². The van der Waals surface area contributed by atoms with Gasteiger partial charge < -0.3 is 18.9 Å². The maximum Gasteiger partial charge on any atom is 0.181 e. The van der Waals surface area contributed by atoms with Crippen molar-refractivity contribution < 1.29 is 18.9 Å². The fourth-order valence-corrected chi connectivity index (χ4v) is 7.87. The largest absolute Gasteiger partial charge is 0.485 e. The van der Waals surface area contributed by atoms with Gasteiger partial charge >= 0.3 is 0 Å². The molecule has 0 saturated carbocycles. The average molecular weight is 370 g/mol. The third-order valence-electron chi connectivity index (χ3n) is 3.94. The average Bonchev–Trinajstić information content (AvgIpc) is 3.18. The molecule has 0 spiro atoms. The minimum atomic E-state index is -0.186. The molecule has 4 rings (SSSR count). The van der Waals surface area contributed by atoms with Crippen LogP contribution in [0.4, 0.5) is 0 Å². The normalized spacial score (nSPS) is 16.0. The van der Waals surface area contributed by atoms with Crippen molar-refractivity contribution in [3.8, 4) is 32.8 Å². The first-order valence-electron chi connectivity index (χ1n) is 7.88. The van der Waals surface area contributed by atoms with Crippen LogP contribution in [-0.2, 0) is 0 Å². The molecule has 0 unspecified atom stereocenters. The van der Waals surface area contributed by atoms with Gasteiger partial charge in [0.15, 0.2) is 23.0 Å². The molecule has 2 aromatic rings. The Morgan fingerprint density at radius 2 is 1.52 bits per heavy atom. The first-order valence-corrected chi connectivity index (χ1v) is 11.3. The number of fused-ring (bicyclic) bond motifs is 2. The molecule has 2 aliphatic heterocycles. The van der Waals surface area contributed by atoms with Gasteiger partial charge in [-0.1, -0.05) is 21.8 Å². The highest BCUT2D eigenvalue weighted by Gasteiger charge is 2.31. The van der Waals surface area contributed by atoms with E-state index in [9.17, 15) is 0 Å². The Morgan fingerprint density at radius 1 is 0.870 bits per heavy atom. The van der Waals surface area contributed by atoms with Gasteiger partial charge in [0, 0.05) is 5.38 Å². The molecule has 124 valence electrons. The number of hydrogen-bond acceptors (Lipinski definition) is 6. The highest BCUT2D eigenvalue weighted by molar-refractivity contribution is 7.72. The molecule has 0 radical (unpaired) electrons. The lowest BCUT2D eigenvalue weighted by atomic mass is 10.3. The third kappa shape index (κ3) is 2.61. The summed E-state index contributed by atoms with van der Waals surface area (Å²) in [4.78, 5) is 2.25. The molecule has 0 fully saturated rings. The van der Waals surface area contributed by atoms with Crippen molar-refractivity contribution in [3.05, 3.63) is 5.38 Å². The molecule has 4 nitrogen and oxygen atoms in total. The van der Waals surface area contributed by atoms with Crippen LogP contribution in [0.25, 0.3) is 9.75 Å². The van der Waals surface area contributed by atoms with Gasteiger partial charge in [0.25, 0.3) is 0 Å². The molecule has 7 heteroatoms. The van der Waals surface area contributed by atoms with Gasteiger partial charge in [0.1, 0.15) is 26.4 Å². The summed E-state index contributed by atoms with van der Waals surface area (Å²) in [6, 6.07) is 0. The fourth-order valence-electron chi connectivity index (χ4n) is 2.82. The highest BCUT2D eigenvalue weighted by Crippen LogP contribution is 2.56. The van der Waals surface area contributed by atoms with Crippen LogP contribution in [0.15, 0.2) is 5.38 Å². The van der Waals surface area contributed by atoms with E-state index in [1.165, 1.54) is 16.9 Å². The summed E-state index contributed by atoms with van der Waals surface area (Å²) < 4.78 is 24.9. The summed E-state index contributed by atoms with van der Waals surface area (Å²) >= 11 is 3.48. The van der Waals surface area contributed by atoms with E-state index in [0.717, 1.165) is 32.8 Å². The maximum absolute atomic E-state index is 6.00. The lowest BCUT2D eigenvalue weighted by Crippen LogP contribution is -2.18. The highest BCUT2D eigenvalue weighted by atomic mass is 32.1. The fraction of sp³-hybridized carbons (Fsp3) is 0.500. The van der Waals surface area contributed by atoms with E-state index in [1.807, 2.05) is 16.7 Å². The van der Waals surface area contributed by atoms with E-state index >= 15 is 0 Å². The Morgan fingerprint density at radius 3 is 2.26 bits per heavy atom. The Hall–Kier alpha value is -0.970.